The number of halogens is 1. The molecule has 7 heteroatoms. The topological polar surface area (TPSA) is 86.4 Å². The van der Waals surface area contributed by atoms with E-state index in [-0.39, 0.29) is 25.4 Å². The quantitative estimate of drug-likeness (QED) is 0.787. The molecule has 0 bridgehead atoms. The number of carbonyl (C=O) groups excluding carboxylic acids is 1. The van der Waals surface area contributed by atoms with Crippen LogP contribution < -0.4 is 9.47 Å². The molecule has 0 saturated carbocycles. The minimum atomic E-state index is -0.314. The number of rotatable bonds is 4. The third-order valence-corrected chi connectivity index (χ3v) is 3.17. The Balaban J connectivity index is 2.16. The van der Waals surface area contributed by atoms with Gasteiger partial charge in [0.25, 0.3) is 0 Å². The van der Waals surface area contributed by atoms with Crippen molar-refractivity contribution in [2.75, 3.05) is 26.3 Å². The molecular formula is C14H12ClN3O3. The van der Waals surface area contributed by atoms with Gasteiger partial charge in [0.1, 0.15) is 26.3 Å². The molecule has 0 saturated heterocycles. The zero-order chi connectivity index (χ0) is 15.2. The zero-order valence-corrected chi connectivity index (χ0v) is 11.9. The number of benzene rings is 1. The van der Waals surface area contributed by atoms with Gasteiger partial charge < -0.3 is 14.4 Å². The summed E-state index contributed by atoms with van der Waals surface area (Å²) in [6.07, 6.45) is 0.0414. The van der Waals surface area contributed by atoms with Gasteiger partial charge >= 0.3 is 0 Å². The fourth-order valence-corrected chi connectivity index (χ4v) is 2.24. The summed E-state index contributed by atoms with van der Waals surface area (Å²) in [4.78, 5) is 13.3. The summed E-state index contributed by atoms with van der Waals surface area (Å²) >= 11 is 6.10. The normalized spacial score (nSPS) is 12.1. The van der Waals surface area contributed by atoms with Gasteiger partial charge in [-0.3, -0.25) is 4.79 Å². The van der Waals surface area contributed by atoms with Gasteiger partial charge in [-0.25, -0.2) is 0 Å². The third-order valence-electron chi connectivity index (χ3n) is 2.89. The van der Waals surface area contributed by atoms with Crippen molar-refractivity contribution >= 4 is 17.5 Å². The van der Waals surface area contributed by atoms with Crippen LogP contribution in [-0.2, 0) is 11.2 Å². The maximum atomic E-state index is 12.1. The van der Waals surface area contributed by atoms with E-state index in [1.165, 1.54) is 4.90 Å². The second-order valence-corrected chi connectivity index (χ2v) is 4.75. The van der Waals surface area contributed by atoms with Gasteiger partial charge in [-0.05, 0) is 17.7 Å². The van der Waals surface area contributed by atoms with Gasteiger partial charge in [-0.1, -0.05) is 11.6 Å². The molecule has 108 valence electrons. The average Bonchev–Trinajstić information content (AvgIpc) is 2.47. The Morgan fingerprint density at radius 1 is 1.24 bits per heavy atom. The van der Waals surface area contributed by atoms with Crippen molar-refractivity contribution in [1.29, 1.82) is 10.5 Å². The smallest absolute Gasteiger partial charge is 0.228 e. The molecular weight excluding hydrogens is 294 g/mol. The molecule has 6 nitrogen and oxygen atoms in total. The molecule has 1 amide bonds. The van der Waals surface area contributed by atoms with E-state index < -0.39 is 0 Å². The van der Waals surface area contributed by atoms with Crippen molar-refractivity contribution < 1.29 is 14.3 Å². The lowest BCUT2D eigenvalue weighted by molar-refractivity contribution is -0.129. The van der Waals surface area contributed by atoms with E-state index in [1.54, 1.807) is 12.1 Å². The lowest BCUT2D eigenvalue weighted by atomic mass is 10.1. The molecule has 0 aliphatic carbocycles. The van der Waals surface area contributed by atoms with Crippen LogP contribution in [0.5, 0.6) is 11.5 Å². The first-order valence-electron chi connectivity index (χ1n) is 6.25. The third kappa shape index (κ3) is 3.56. The Morgan fingerprint density at radius 2 is 1.90 bits per heavy atom. The number of amides is 1. The minimum absolute atomic E-state index is 0.0414. The molecule has 0 fully saturated rings. The van der Waals surface area contributed by atoms with Crippen molar-refractivity contribution in [3.05, 3.63) is 22.7 Å². The first-order chi connectivity index (χ1) is 10.2. The number of carbonyl (C=O) groups is 1. The van der Waals surface area contributed by atoms with Crippen LogP contribution in [0.3, 0.4) is 0 Å². The summed E-state index contributed by atoms with van der Waals surface area (Å²) in [6, 6.07) is 7.05. The van der Waals surface area contributed by atoms with Gasteiger partial charge in [0.2, 0.25) is 5.91 Å². The van der Waals surface area contributed by atoms with Gasteiger partial charge in [0.15, 0.2) is 11.5 Å². The van der Waals surface area contributed by atoms with Crippen molar-refractivity contribution in [2.45, 2.75) is 6.42 Å². The van der Waals surface area contributed by atoms with Crippen LogP contribution >= 0.6 is 11.6 Å². The number of fused-ring (bicyclic) bond motifs is 1. The summed E-state index contributed by atoms with van der Waals surface area (Å²) in [6.45, 7) is 0.619. The highest BCUT2D eigenvalue weighted by molar-refractivity contribution is 6.32. The van der Waals surface area contributed by atoms with Crippen LogP contribution in [-0.4, -0.2) is 37.1 Å². The minimum Gasteiger partial charge on any atom is -0.486 e. The molecule has 0 radical (unpaired) electrons. The van der Waals surface area contributed by atoms with E-state index >= 15 is 0 Å². The van der Waals surface area contributed by atoms with Crippen molar-refractivity contribution in [3.8, 4) is 23.6 Å². The molecule has 0 aromatic heterocycles. The highest BCUT2D eigenvalue weighted by atomic mass is 35.5. The number of nitriles is 2. The molecule has 1 heterocycles. The Morgan fingerprint density at radius 3 is 2.57 bits per heavy atom. The van der Waals surface area contributed by atoms with Crippen LogP contribution in [0.2, 0.25) is 5.02 Å². The maximum Gasteiger partial charge on any atom is 0.228 e. The molecule has 0 atom stereocenters. The molecule has 0 spiro atoms. The highest BCUT2D eigenvalue weighted by Gasteiger charge is 2.19. The fraction of sp³-hybridized carbons (Fsp3) is 0.357. The standard InChI is InChI=1S/C14H12ClN3O3/c15-11-7-10(8-12-14(11)21-6-5-20-12)9-13(19)18(3-1-16)4-2-17/h7-8H,3-6,9H2. The van der Waals surface area contributed by atoms with E-state index in [1.807, 2.05) is 12.1 Å². The second-order valence-electron chi connectivity index (χ2n) is 4.34. The lowest BCUT2D eigenvalue weighted by Gasteiger charge is -2.21. The summed E-state index contributed by atoms with van der Waals surface area (Å²) in [5.74, 6) is 0.666. The van der Waals surface area contributed by atoms with E-state index in [0.717, 1.165) is 0 Å². The van der Waals surface area contributed by atoms with E-state index in [9.17, 15) is 4.79 Å². The monoisotopic (exact) mass is 305 g/mol. The van der Waals surface area contributed by atoms with E-state index in [4.69, 9.17) is 31.6 Å². The predicted octanol–water partition coefficient (Wildman–Crippen LogP) is 1.53. The molecule has 0 N–H and O–H groups in total. The molecule has 2 rings (SSSR count). The van der Waals surface area contributed by atoms with Gasteiger partial charge in [-0.15, -0.1) is 0 Å². The number of hydrogen-bond donors (Lipinski definition) is 0. The number of nitrogens with zero attached hydrogens (tertiary/aromatic N) is 3. The van der Waals surface area contributed by atoms with Gasteiger partial charge in [0.05, 0.1) is 23.6 Å². The largest absolute Gasteiger partial charge is 0.486 e. The van der Waals surface area contributed by atoms with Crippen LogP contribution in [0.1, 0.15) is 5.56 Å². The first-order valence-corrected chi connectivity index (χ1v) is 6.63. The number of ether oxygens (including phenoxy) is 2. The Kier molecular flexibility index (Phi) is 4.86. The van der Waals surface area contributed by atoms with Crippen LogP contribution in [0, 0.1) is 22.7 Å². The molecule has 1 aliphatic heterocycles. The lowest BCUT2D eigenvalue weighted by Crippen LogP contribution is -2.33. The van der Waals surface area contributed by atoms with E-state index in [2.05, 4.69) is 0 Å². The number of hydrogen-bond acceptors (Lipinski definition) is 5. The maximum absolute atomic E-state index is 12.1. The SMILES string of the molecule is N#CCN(CC#N)C(=O)Cc1cc(Cl)c2c(c1)OCCO2. The van der Waals surface area contributed by atoms with Crippen LogP contribution in [0.4, 0.5) is 0 Å². The van der Waals surface area contributed by atoms with Crippen molar-refractivity contribution in [1.82, 2.24) is 4.90 Å². The van der Waals surface area contributed by atoms with Crippen molar-refractivity contribution in [3.63, 3.8) is 0 Å². The van der Waals surface area contributed by atoms with Crippen LogP contribution in [0.15, 0.2) is 12.1 Å². The molecule has 0 unspecified atom stereocenters. The first kappa shape index (κ1) is 15.0. The Labute approximate surface area is 127 Å². The summed E-state index contributed by atoms with van der Waals surface area (Å²) in [7, 11) is 0. The summed E-state index contributed by atoms with van der Waals surface area (Å²) < 4.78 is 10.8. The Hall–Kier alpha value is -2.44. The average molecular weight is 306 g/mol. The van der Waals surface area contributed by atoms with Gasteiger partial charge in [-0.2, -0.15) is 10.5 Å². The summed E-state index contributed by atoms with van der Waals surface area (Å²) in [5, 5.41) is 17.7. The molecule has 1 aliphatic rings. The highest BCUT2D eigenvalue weighted by Crippen LogP contribution is 2.38. The molecule has 1 aromatic rings. The molecule has 1 aromatic carbocycles. The van der Waals surface area contributed by atoms with E-state index in [0.29, 0.717) is 35.3 Å². The fourth-order valence-electron chi connectivity index (χ4n) is 1.96. The predicted molar refractivity (Wildman–Crippen MR) is 74.0 cm³/mol. The van der Waals surface area contributed by atoms with Gasteiger partial charge in [0, 0.05) is 0 Å². The second kappa shape index (κ2) is 6.83. The molecule has 21 heavy (non-hydrogen) atoms. The Bertz CT molecular complexity index is 618. The summed E-state index contributed by atoms with van der Waals surface area (Å²) in [5.41, 5.74) is 0.648. The van der Waals surface area contributed by atoms with Crippen LogP contribution in [0.25, 0.3) is 0 Å². The zero-order valence-electron chi connectivity index (χ0n) is 11.1. The van der Waals surface area contributed by atoms with Crippen molar-refractivity contribution in [2.24, 2.45) is 0 Å².